The molecule has 4 saturated carbocycles. The molecule has 1 nitrogen and oxygen atoms in total. The summed E-state index contributed by atoms with van der Waals surface area (Å²) in [5, 5.41) is 11.0. The Balaban J connectivity index is 1.52. The second-order valence-corrected chi connectivity index (χ2v) is 11.0. The van der Waals surface area contributed by atoms with Crippen molar-refractivity contribution in [3.05, 3.63) is 12.2 Å². The topological polar surface area (TPSA) is 20.2 Å². The van der Waals surface area contributed by atoms with E-state index < -0.39 is 0 Å². The first-order chi connectivity index (χ1) is 12.4. The van der Waals surface area contributed by atoms with E-state index in [0.29, 0.717) is 5.41 Å². The quantitative estimate of drug-likeness (QED) is 0.553. The van der Waals surface area contributed by atoms with Crippen LogP contribution in [0.3, 0.4) is 0 Å². The minimum atomic E-state index is -0.332. The fraction of sp³-hybridized carbons (Fsp3) is 0.920. The highest BCUT2D eigenvalue weighted by Crippen LogP contribution is 2.64. The molecule has 1 N–H and O–H groups in total. The third kappa shape index (κ3) is 3.01. The maximum atomic E-state index is 11.0. The van der Waals surface area contributed by atoms with Gasteiger partial charge in [-0.2, -0.15) is 0 Å². The lowest BCUT2D eigenvalue weighted by atomic mass is 9.44. The van der Waals surface area contributed by atoms with E-state index >= 15 is 0 Å². The van der Waals surface area contributed by atoms with E-state index in [0.717, 1.165) is 61.2 Å². The smallest absolute Gasteiger partial charge is 0.0650 e. The Morgan fingerprint density at radius 2 is 1.77 bits per heavy atom. The number of hydrogen-bond donors (Lipinski definition) is 1. The molecule has 0 aliphatic heterocycles. The Kier molecular flexibility index (Phi) is 5.08. The van der Waals surface area contributed by atoms with E-state index in [1.807, 2.05) is 0 Å². The van der Waals surface area contributed by atoms with Crippen LogP contribution in [0.25, 0.3) is 0 Å². The van der Waals surface area contributed by atoms with Crippen LogP contribution in [0.1, 0.15) is 97.8 Å². The molecule has 4 aliphatic carbocycles. The molecule has 4 fully saturated rings. The SMILES string of the molecule is C=C(C)[C@H]1CCC[C@H]2[C@@H]3CC[C@H]4C[C@@](O)(CCC)CC[C@@H]4[C@H]3CC[C@]12C. The summed E-state index contributed by atoms with van der Waals surface area (Å²) in [5.74, 6) is 5.36. The first-order valence-corrected chi connectivity index (χ1v) is 11.8. The number of aliphatic hydroxyl groups is 1. The fourth-order valence-corrected chi connectivity index (χ4v) is 8.66. The lowest BCUT2D eigenvalue weighted by Crippen LogP contribution is -2.54. The van der Waals surface area contributed by atoms with Crippen molar-refractivity contribution >= 4 is 0 Å². The molecule has 148 valence electrons. The highest BCUT2D eigenvalue weighted by molar-refractivity contribution is 5.12. The highest BCUT2D eigenvalue weighted by Gasteiger charge is 2.56. The fourth-order valence-electron chi connectivity index (χ4n) is 8.66. The number of fused-ring (bicyclic) bond motifs is 5. The molecule has 0 spiro atoms. The molecule has 0 radical (unpaired) electrons. The van der Waals surface area contributed by atoms with Crippen molar-refractivity contribution in [2.75, 3.05) is 0 Å². The average molecular weight is 359 g/mol. The molecule has 0 aromatic heterocycles. The van der Waals surface area contributed by atoms with Crippen LogP contribution in [0.5, 0.6) is 0 Å². The van der Waals surface area contributed by atoms with E-state index in [-0.39, 0.29) is 5.60 Å². The van der Waals surface area contributed by atoms with E-state index in [1.54, 1.807) is 0 Å². The third-order valence-electron chi connectivity index (χ3n) is 9.66. The van der Waals surface area contributed by atoms with Crippen LogP contribution in [0.4, 0.5) is 0 Å². The first-order valence-electron chi connectivity index (χ1n) is 11.8. The lowest BCUT2D eigenvalue weighted by molar-refractivity contribution is -0.126. The van der Waals surface area contributed by atoms with E-state index in [4.69, 9.17) is 0 Å². The minimum absolute atomic E-state index is 0.332. The molecule has 0 bridgehead atoms. The number of rotatable bonds is 3. The predicted molar refractivity (Wildman–Crippen MR) is 110 cm³/mol. The Morgan fingerprint density at radius 3 is 2.50 bits per heavy atom. The van der Waals surface area contributed by atoms with Gasteiger partial charge in [-0.3, -0.25) is 0 Å². The van der Waals surface area contributed by atoms with Crippen LogP contribution in [-0.4, -0.2) is 10.7 Å². The van der Waals surface area contributed by atoms with Gasteiger partial charge in [0.15, 0.2) is 0 Å². The molecule has 0 saturated heterocycles. The predicted octanol–water partition coefficient (Wildman–Crippen LogP) is 6.75. The Labute approximate surface area is 162 Å². The lowest BCUT2D eigenvalue weighted by Gasteiger charge is -2.61. The summed E-state index contributed by atoms with van der Waals surface area (Å²) in [6.07, 6.45) is 15.6. The summed E-state index contributed by atoms with van der Waals surface area (Å²) >= 11 is 0. The van der Waals surface area contributed by atoms with Gasteiger partial charge in [0, 0.05) is 0 Å². The maximum absolute atomic E-state index is 11.0. The van der Waals surface area contributed by atoms with E-state index in [9.17, 15) is 5.11 Å². The van der Waals surface area contributed by atoms with Gasteiger partial charge < -0.3 is 5.11 Å². The second-order valence-electron chi connectivity index (χ2n) is 11.0. The van der Waals surface area contributed by atoms with Crippen molar-refractivity contribution in [2.24, 2.45) is 40.9 Å². The second kappa shape index (κ2) is 6.94. The van der Waals surface area contributed by atoms with Crippen molar-refractivity contribution < 1.29 is 5.11 Å². The summed E-state index contributed by atoms with van der Waals surface area (Å²) in [6.45, 7) is 11.5. The molecule has 0 aromatic carbocycles. The average Bonchev–Trinajstić information content (AvgIpc) is 2.59. The van der Waals surface area contributed by atoms with Gasteiger partial charge in [-0.05, 0) is 112 Å². The highest BCUT2D eigenvalue weighted by atomic mass is 16.3. The van der Waals surface area contributed by atoms with E-state index in [1.165, 1.54) is 56.9 Å². The Hall–Kier alpha value is -0.300. The van der Waals surface area contributed by atoms with Crippen molar-refractivity contribution in [3.8, 4) is 0 Å². The Bertz CT molecular complexity index is 538. The zero-order chi connectivity index (χ0) is 18.5. The molecule has 0 aromatic rings. The molecule has 8 atom stereocenters. The molecular formula is C25H42O. The van der Waals surface area contributed by atoms with Crippen molar-refractivity contribution in [2.45, 2.75) is 103 Å². The van der Waals surface area contributed by atoms with Gasteiger partial charge in [-0.15, -0.1) is 0 Å². The molecule has 0 amide bonds. The van der Waals surface area contributed by atoms with Gasteiger partial charge >= 0.3 is 0 Å². The zero-order valence-electron chi connectivity index (χ0n) is 17.6. The van der Waals surface area contributed by atoms with Crippen LogP contribution in [0.15, 0.2) is 12.2 Å². The van der Waals surface area contributed by atoms with E-state index in [2.05, 4.69) is 27.4 Å². The molecular weight excluding hydrogens is 316 g/mol. The summed E-state index contributed by atoms with van der Waals surface area (Å²) in [5.41, 5.74) is 1.64. The standard InChI is InChI=1S/C25H42O/c1-5-13-25(26)15-12-19-18(16-25)9-10-21-20(19)11-14-24(4)22(17(2)3)7-6-8-23(21)24/h18-23,26H,2,5-16H2,1,3-4H3/t18-,19-,20+,21+,22+,23-,24+,25+/m0/s1. The van der Waals surface area contributed by atoms with Crippen LogP contribution < -0.4 is 0 Å². The summed E-state index contributed by atoms with van der Waals surface area (Å²) in [7, 11) is 0. The summed E-state index contributed by atoms with van der Waals surface area (Å²) < 4.78 is 0. The molecule has 4 aliphatic rings. The van der Waals surface area contributed by atoms with Gasteiger partial charge in [0.05, 0.1) is 5.60 Å². The monoisotopic (exact) mass is 358 g/mol. The van der Waals surface area contributed by atoms with Gasteiger partial charge in [0.25, 0.3) is 0 Å². The molecule has 0 heterocycles. The normalized spacial score (nSPS) is 51.1. The van der Waals surface area contributed by atoms with Gasteiger partial charge in [0.1, 0.15) is 0 Å². The van der Waals surface area contributed by atoms with Crippen LogP contribution in [0, 0.1) is 40.9 Å². The zero-order valence-corrected chi connectivity index (χ0v) is 17.6. The molecule has 0 unspecified atom stereocenters. The van der Waals surface area contributed by atoms with Crippen LogP contribution in [0.2, 0.25) is 0 Å². The van der Waals surface area contributed by atoms with Gasteiger partial charge in [0.2, 0.25) is 0 Å². The van der Waals surface area contributed by atoms with Crippen LogP contribution in [-0.2, 0) is 0 Å². The van der Waals surface area contributed by atoms with Crippen molar-refractivity contribution in [1.29, 1.82) is 0 Å². The maximum Gasteiger partial charge on any atom is 0.0650 e. The van der Waals surface area contributed by atoms with Crippen molar-refractivity contribution in [3.63, 3.8) is 0 Å². The van der Waals surface area contributed by atoms with Gasteiger partial charge in [-0.25, -0.2) is 0 Å². The molecule has 4 rings (SSSR count). The van der Waals surface area contributed by atoms with Crippen molar-refractivity contribution in [1.82, 2.24) is 0 Å². The van der Waals surface area contributed by atoms with Crippen LogP contribution >= 0.6 is 0 Å². The minimum Gasteiger partial charge on any atom is -0.390 e. The number of hydrogen-bond acceptors (Lipinski definition) is 1. The largest absolute Gasteiger partial charge is 0.390 e. The number of allylic oxidation sites excluding steroid dienone is 1. The summed E-state index contributed by atoms with van der Waals surface area (Å²) in [6, 6.07) is 0. The van der Waals surface area contributed by atoms with Gasteiger partial charge in [-0.1, -0.05) is 38.8 Å². The molecule has 1 heteroatoms. The third-order valence-corrected chi connectivity index (χ3v) is 9.66. The molecule has 26 heavy (non-hydrogen) atoms. The Morgan fingerprint density at radius 1 is 1.00 bits per heavy atom. The first kappa shape index (κ1) is 19.0. The summed E-state index contributed by atoms with van der Waals surface area (Å²) in [4.78, 5) is 0.